The van der Waals surface area contributed by atoms with Crippen LogP contribution in [0.4, 0.5) is 9.18 Å². The molecule has 0 saturated carbocycles. The van der Waals surface area contributed by atoms with Gasteiger partial charge in [-0.05, 0) is 27.2 Å². The van der Waals surface area contributed by atoms with Crippen molar-refractivity contribution in [2.45, 2.75) is 45.0 Å². The van der Waals surface area contributed by atoms with Crippen molar-refractivity contribution in [3.63, 3.8) is 0 Å². The second kappa shape index (κ2) is 4.97. The minimum atomic E-state index is -1.17. The lowest BCUT2D eigenvalue weighted by Gasteiger charge is -2.31. The predicted octanol–water partition coefficient (Wildman–Crippen LogP) is 1.22. The third-order valence-electron chi connectivity index (χ3n) is 2.15. The van der Waals surface area contributed by atoms with Crippen LogP contribution < -0.4 is 5.73 Å². The molecule has 0 amide bonds. The Balaban J connectivity index is 2.35. The SMILES string of the molecule is CC(C)(C)OC(=O)ON1CCC(N)C(F)C1. The molecule has 1 saturated heterocycles. The molecule has 0 aromatic rings. The summed E-state index contributed by atoms with van der Waals surface area (Å²) in [5.41, 5.74) is 4.89. The molecular weight excluding hydrogens is 215 g/mol. The maximum atomic E-state index is 13.2. The lowest BCUT2D eigenvalue weighted by Crippen LogP contribution is -2.49. The van der Waals surface area contributed by atoms with Crippen LogP contribution >= 0.6 is 0 Å². The van der Waals surface area contributed by atoms with Gasteiger partial charge < -0.3 is 15.3 Å². The number of carbonyl (C=O) groups is 1. The fourth-order valence-corrected chi connectivity index (χ4v) is 1.35. The smallest absolute Gasteiger partial charge is 0.427 e. The molecule has 0 spiro atoms. The van der Waals surface area contributed by atoms with Gasteiger partial charge in [-0.3, -0.25) is 0 Å². The molecule has 16 heavy (non-hydrogen) atoms. The highest BCUT2D eigenvalue weighted by molar-refractivity contribution is 5.60. The highest BCUT2D eigenvalue weighted by Crippen LogP contribution is 2.14. The Bertz CT molecular complexity index is 255. The van der Waals surface area contributed by atoms with Crippen LogP contribution in [0, 0.1) is 0 Å². The highest BCUT2D eigenvalue weighted by atomic mass is 19.1. The van der Waals surface area contributed by atoms with Crippen molar-refractivity contribution < 1.29 is 18.8 Å². The van der Waals surface area contributed by atoms with Gasteiger partial charge in [0.25, 0.3) is 0 Å². The molecule has 1 aliphatic rings. The van der Waals surface area contributed by atoms with Gasteiger partial charge in [0.1, 0.15) is 11.8 Å². The molecule has 1 heterocycles. The normalized spacial score (nSPS) is 27.6. The van der Waals surface area contributed by atoms with Gasteiger partial charge in [0, 0.05) is 12.6 Å². The van der Waals surface area contributed by atoms with Gasteiger partial charge in [0.15, 0.2) is 0 Å². The van der Waals surface area contributed by atoms with Crippen molar-refractivity contribution in [2.75, 3.05) is 13.1 Å². The monoisotopic (exact) mass is 234 g/mol. The van der Waals surface area contributed by atoms with E-state index in [-0.39, 0.29) is 6.54 Å². The number of halogens is 1. The van der Waals surface area contributed by atoms with Gasteiger partial charge in [-0.2, -0.15) is 0 Å². The summed E-state index contributed by atoms with van der Waals surface area (Å²) in [6.45, 7) is 5.64. The zero-order valence-corrected chi connectivity index (χ0v) is 9.90. The second-order valence-corrected chi connectivity index (χ2v) is 4.91. The summed E-state index contributed by atoms with van der Waals surface area (Å²) in [6.07, 6.45) is -1.52. The lowest BCUT2D eigenvalue weighted by atomic mass is 10.1. The first-order valence-electron chi connectivity index (χ1n) is 5.33. The van der Waals surface area contributed by atoms with Crippen LogP contribution in [0.3, 0.4) is 0 Å². The molecule has 2 atom stereocenters. The molecule has 5 nitrogen and oxygen atoms in total. The molecule has 0 aromatic heterocycles. The quantitative estimate of drug-likeness (QED) is 0.691. The number of piperidine rings is 1. The number of carbonyl (C=O) groups excluding carboxylic acids is 1. The van der Waals surface area contributed by atoms with Crippen molar-refractivity contribution in [3.05, 3.63) is 0 Å². The highest BCUT2D eigenvalue weighted by Gasteiger charge is 2.29. The Morgan fingerprint density at radius 2 is 2.12 bits per heavy atom. The van der Waals surface area contributed by atoms with Crippen molar-refractivity contribution in [1.29, 1.82) is 0 Å². The van der Waals surface area contributed by atoms with E-state index in [9.17, 15) is 9.18 Å². The molecular formula is C10H19FN2O3. The maximum Gasteiger partial charge on any atom is 0.528 e. The zero-order chi connectivity index (χ0) is 12.3. The van der Waals surface area contributed by atoms with Gasteiger partial charge in [0.2, 0.25) is 0 Å². The Morgan fingerprint density at radius 3 is 2.62 bits per heavy atom. The molecule has 1 aliphatic heterocycles. The van der Waals surface area contributed by atoms with E-state index in [4.69, 9.17) is 15.3 Å². The maximum absolute atomic E-state index is 13.2. The number of ether oxygens (including phenoxy) is 1. The van der Waals surface area contributed by atoms with Gasteiger partial charge in [-0.1, -0.05) is 0 Å². The third kappa shape index (κ3) is 4.32. The van der Waals surface area contributed by atoms with E-state index in [1.807, 2.05) is 0 Å². The first-order valence-corrected chi connectivity index (χ1v) is 5.33. The number of hydrogen-bond acceptors (Lipinski definition) is 5. The van der Waals surface area contributed by atoms with Crippen LogP contribution in [0.15, 0.2) is 0 Å². The average Bonchev–Trinajstić information content (AvgIpc) is 2.08. The summed E-state index contributed by atoms with van der Waals surface area (Å²) in [7, 11) is 0. The van der Waals surface area contributed by atoms with Crippen LogP contribution in [-0.2, 0) is 9.57 Å². The first-order chi connectivity index (χ1) is 7.28. The average molecular weight is 234 g/mol. The summed E-state index contributed by atoms with van der Waals surface area (Å²) in [5.74, 6) is 0. The van der Waals surface area contributed by atoms with E-state index in [0.717, 1.165) is 0 Å². The first kappa shape index (κ1) is 13.2. The van der Waals surface area contributed by atoms with E-state index in [2.05, 4.69) is 0 Å². The van der Waals surface area contributed by atoms with Crippen molar-refractivity contribution in [1.82, 2.24) is 5.06 Å². The zero-order valence-electron chi connectivity index (χ0n) is 9.90. The summed E-state index contributed by atoms with van der Waals surface area (Å²) in [6, 6.07) is -0.474. The number of nitrogens with zero attached hydrogens (tertiary/aromatic N) is 1. The summed E-state index contributed by atoms with van der Waals surface area (Å²) in [4.78, 5) is 16.1. The predicted molar refractivity (Wildman–Crippen MR) is 56.4 cm³/mol. The number of nitrogens with two attached hydrogens (primary N) is 1. The minimum Gasteiger partial charge on any atom is -0.427 e. The molecule has 2 N–H and O–H groups in total. The molecule has 94 valence electrons. The van der Waals surface area contributed by atoms with Crippen molar-refractivity contribution in [3.8, 4) is 0 Å². The van der Waals surface area contributed by atoms with Gasteiger partial charge >= 0.3 is 6.16 Å². The van der Waals surface area contributed by atoms with E-state index < -0.39 is 24.0 Å². The number of hydroxylamine groups is 2. The standard InChI is InChI=1S/C10H19FN2O3/c1-10(2,3)15-9(14)16-13-5-4-8(12)7(11)6-13/h7-8H,4-6,12H2,1-3H3. The van der Waals surface area contributed by atoms with Crippen LogP contribution in [0.2, 0.25) is 0 Å². The molecule has 0 aromatic carbocycles. The van der Waals surface area contributed by atoms with Crippen LogP contribution in [-0.4, -0.2) is 42.1 Å². The molecule has 2 unspecified atom stereocenters. The minimum absolute atomic E-state index is 0.000406. The van der Waals surface area contributed by atoms with Gasteiger partial charge in [-0.15, -0.1) is 5.06 Å². The number of alkyl halides is 1. The van der Waals surface area contributed by atoms with E-state index in [0.29, 0.717) is 13.0 Å². The molecule has 1 fully saturated rings. The van der Waals surface area contributed by atoms with Crippen molar-refractivity contribution in [2.24, 2.45) is 5.73 Å². The molecule has 0 aliphatic carbocycles. The van der Waals surface area contributed by atoms with Crippen LogP contribution in [0.1, 0.15) is 27.2 Å². The molecule has 0 radical (unpaired) electrons. The van der Waals surface area contributed by atoms with Gasteiger partial charge in [0.05, 0.1) is 6.54 Å². The summed E-state index contributed by atoms with van der Waals surface area (Å²) in [5, 5.41) is 1.25. The van der Waals surface area contributed by atoms with Crippen molar-refractivity contribution >= 4 is 6.16 Å². The number of hydrogen-bond donors (Lipinski definition) is 1. The Kier molecular flexibility index (Phi) is 4.09. The molecule has 0 bridgehead atoms. The van der Waals surface area contributed by atoms with E-state index in [1.165, 1.54) is 5.06 Å². The largest absolute Gasteiger partial charge is 0.528 e. The topological polar surface area (TPSA) is 64.8 Å². The summed E-state index contributed by atoms with van der Waals surface area (Å²) < 4.78 is 18.2. The van der Waals surface area contributed by atoms with Gasteiger partial charge in [-0.25, -0.2) is 9.18 Å². The van der Waals surface area contributed by atoms with E-state index >= 15 is 0 Å². The molecule has 1 rings (SSSR count). The second-order valence-electron chi connectivity index (χ2n) is 4.91. The summed E-state index contributed by atoms with van der Waals surface area (Å²) >= 11 is 0. The molecule has 6 heteroatoms. The Labute approximate surface area is 94.6 Å². The fourth-order valence-electron chi connectivity index (χ4n) is 1.35. The Hall–Kier alpha value is -0.880. The lowest BCUT2D eigenvalue weighted by molar-refractivity contribution is -0.162. The fraction of sp³-hybridized carbons (Fsp3) is 0.900. The Morgan fingerprint density at radius 1 is 1.50 bits per heavy atom. The van der Waals surface area contributed by atoms with Crippen LogP contribution in [0.5, 0.6) is 0 Å². The third-order valence-corrected chi connectivity index (χ3v) is 2.15. The van der Waals surface area contributed by atoms with Crippen LogP contribution in [0.25, 0.3) is 0 Å². The number of rotatable bonds is 1. The van der Waals surface area contributed by atoms with E-state index in [1.54, 1.807) is 20.8 Å².